The van der Waals surface area contributed by atoms with E-state index < -0.39 is 17.6 Å². The molecule has 2 aromatic carbocycles. The summed E-state index contributed by atoms with van der Waals surface area (Å²) in [5.41, 5.74) is 3.81. The predicted octanol–water partition coefficient (Wildman–Crippen LogP) is 5.71. The third kappa shape index (κ3) is 6.15. The number of amides is 1. The number of pyridine rings is 1. The lowest BCUT2D eigenvalue weighted by atomic mass is 9.92. The summed E-state index contributed by atoms with van der Waals surface area (Å²) in [6, 6.07) is 12.2. The molecule has 1 aliphatic rings. The van der Waals surface area contributed by atoms with Gasteiger partial charge in [0.1, 0.15) is 0 Å². The van der Waals surface area contributed by atoms with Gasteiger partial charge in [-0.3, -0.25) is 9.78 Å². The second-order valence-corrected chi connectivity index (χ2v) is 8.89. The zero-order chi connectivity index (χ0) is 25.7. The van der Waals surface area contributed by atoms with Crippen LogP contribution in [0.2, 0.25) is 0 Å². The molecule has 1 fully saturated rings. The highest BCUT2D eigenvalue weighted by atomic mass is 19.4. The minimum atomic E-state index is -4.47. The van der Waals surface area contributed by atoms with E-state index in [0.717, 1.165) is 54.1 Å². The van der Waals surface area contributed by atoms with Crippen LogP contribution in [0.15, 0.2) is 60.9 Å². The van der Waals surface area contributed by atoms with Gasteiger partial charge in [0.25, 0.3) is 5.91 Å². The third-order valence-corrected chi connectivity index (χ3v) is 6.34. The van der Waals surface area contributed by atoms with E-state index in [0.29, 0.717) is 18.7 Å². The first-order valence-electron chi connectivity index (χ1n) is 11.8. The molecule has 0 bridgehead atoms. The molecular weight excluding hydrogens is 469 g/mol. The van der Waals surface area contributed by atoms with Crippen LogP contribution in [0.1, 0.15) is 39.4 Å². The van der Waals surface area contributed by atoms with Gasteiger partial charge in [-0.2, -0.15) is 13.2 Å². The van der Waals surface area contributed by atoms with E-state index in [4.69, 9.17) is 4.74 Å². The van der Waals surface area contributed by atoms with E-state index in [9.17, 15) is 18.0 Å². The summed E-state index contributed by atoms with van der Waals surface area (Å²) in [5.74, 6) is -0.221. The molecule has 1 saturated heterocycles. The summed E-state index contributed by atoms with van der Waals surface area (Å²) >= 11 is 0. The van der Waals surface area contributed by atoms with Gasteiger partial charge >= 0.3 is 6.18 Å². The summed E-state index contributed by atoms with van der Waals surface area (Å²) in [6.07, 6.45) is 0.0705. The molecule has 190 valence electrons. The summed E-state index contributed by atoms with van der Waals surface area (Å²) in [6.45, 7) is 4.94. The molecule has 0 radical (unpaired) electrons. The minimum absolute atomic E-state index is 0.107. The van der Waals surface area contributed by atoms with Crippen LogP contribution >= 0.6 is 0 Å². The number of aromatic nitrogens is 1. The van der Waals surface area contributed by atoms with Crippen LogP contribution in [-0.4, -0.2) is 44.2 Å². The number of halogens is 3. The average Bonchev–Trinajstić information content (AvgIpc) is 3.34. The quantitative estimate of drug-likeness (QED) is 0.389. The molecule has 4 rings (SSSR count). The van der Waals surface area contributed by atoms with Crippen LogP contribution in [0, 0.1) is 6.92 Å². The molecule has 1 amide bonds. The molecule has 1 aliphatic heterocycles. The Hall–Kier alpha value is -3.59. The maximum Gasteiger partial charge on any atom is 0.416 e. The first kappa shape index (κ1) is 25.5. The SMILES string of the molecule is COCCNc1cncc(N2CC[C@@H](c3cc(C(=O)Nc4cccc(C(F)(F)F)c4)ccc3C)C2)c1. The number of nitrogens with one attached hydrogen (secondary N) is 2. The molecule has 9 heteroatoms. The molecule has 0 unspecified atom stereocenters. The van der Waals surface area contributed by atoms with Crippen molar-refractivity contribution >= 4 is 23.0 Å². The minimum Gasteiger partial charge on any atom is -0.383 e. The summed E-state index contributed by atoms with van der Waals surface area (Å²) < 4.78 is 44.1. The fourth-order valence-corrected chi connectivity index (χ4v) is 4.44. The van der Waals surface area contributed by atoms with Crippen LogP contribution < -0.4 is 15.5 Å². The monoisotopic (exact) mass is 498 g/mol. The van der Waals surface area contributed by atoms with Gasteiger partial charge in [-0.25, -0.2) is 0 Å². The number of hydrogen-bond acceptors (Lipinski definition) is 5. The van der Waals surface area contributed by atoms with E-state index >= 15 is 0 Å². The number of carbonyl (C=O) groups excluding carboxylic acids is 1. The lowest BCUT2D eigenvalue weighted by molar-refractivity contribution is -0.137. The first-order chi connectivity index (χ1) is 17.2. The van der Waals surface area contributed by atoms with Crippen LogP contribution in [0.3, 0.4) is 0 Å². The van der Waals surface area contributed by atoms with Crippen LogP contribution in [0.4, 0.5) is 30.2 Å². The Bertz CT molecular complexity index is 1220. The molecule has 1 atom stereocenters. The topological polar surface area (TPSA) is 66.5 Å². The Labute approximate surface area is 208 Å². The van der Waals surface area contributed by atoms with Gasteiger partial charge in [0.15, 0.2) is 0 Å². The second kappa shape index (κ2) is 11.0. The third-order valence-electron chi connectivity index (χ3n) is 6.34. The number of aryl methyl sites for hydroxylation is 1. The van der Waals surface area contributed by atoms with Crippen LogP contribution in [0.25, 0.3) is 0 Å². The van der Waals surface area contributed by atoms with Crippen LogP contribution in [-0.2, 0) is 10.9 Å². The molecule has 36 heavy (non-hydrogen) atoms. The van der Waals surface area contributed by atoms with Gasteiger partial charge in [-0.15, -0.1) is 0 Å². The molecule has 1 aromatic heterocycles. The fraction of sp³-hybridized carbons (Fsp3) is 0.333. The van der Waals surface area contributed by atoms with E-state index in [-0.39, 0.29) is 11.6 Å². The van der Waals surface area contributed by atoms with E-state index in [1.165, 1.54) is 12.1 Å². The van der Waals surface area contributed by atoms with E-state index in [1.807, 2.05) is 25.3 Å². The first-order valence-corrected chi connectivity index (χ1v) is 11.8. The molecule has 2 heterocycles. The Morgan fingerprint density at radius 3 is 2.75 bits per heavy atom. The average molecular weight is 499 g/mol. The molecule has 6 nitrogen and oxygen atoms in total. The van der Waals surface area contributed by atoms with Crippen LogP contribution in [0.5, 0.6) is 0 Å². The van der Waals surface area contributed by atoms with Crippen molar-refractivity contribution in [3.8, 4) is 0 Å². The molecule has 0 spiro atoms. The zero-order valence-electron chi connectivity index (χ0n) is 20.2. The maximum atomic E-state index is 13.0. The van der Waals surface area contributed by atoms with Crippen molar-refractivity contribution in [3.05, 3.63) is 83.2 Å². The zero-order valence-corrected chi connectivity index (χ0v) is 20.2. The van der Waals surface area contributed by atoms with Crippen molar-refractivity contribution in [1.29, 1.82) is 0 Å². The predicted molar refractivity (Wildman–Crippen MR) is 135 cm³/mol. The Kier molecular flexibility index (Phi) is 7.79. The number of ether oxygens (including phenoxy) is 1. The number of benzene rings is 2. The van der Waals surface area contributed by atoms with E-state index in [2.05, 4.69) is 26.6 Å². The highest BCUT2D eigenvalue weighted by Gasteiger charge is 2.30. The fourth-order valence-electron chi connectivity index (χ4n) is 4.44. The standard InChI is InChI=1S/C27H29F3N4O2/c1-18-6-7-19(26(35)33-22-5-3-4-21(13-22)27(28,29)30)12-25(18)20-8-10-34(17-20)24-14-23(15-31-16-24)32-9-11-36-2/h3-7,12-16,20,32H,8-11,17H2,1-2H3,(H,33,35)/t20-/m1/s1. The highest BCUT2D eigenvalue weighted by Crippen LogP contribution is 2.34. The molecule has 0 saturated carbocycles. The van der Waals surface area contributed by atoms with Crippen molar-refractivity contribution in [2.75, 3.05) is 48.9 Å². The van der Waals surface area contributed by atoms with Crippen molar-refractivity contribution in [2.45, 2.75) is 25.4 Å². The number of carbonyl (C=O) groups is 1. The van der Waals surface area contributed by atoms with Gasteiger partial charge < -0.3 is 20.3 Å². The summed E-state index contributed by atoms with van der Waals surface area (Å²) in [4.78, 5) is 19.5. The Balaban J connectivity index is 1.46. The van der Waals surface area contributed by atoms with Crippen molar-refractivity contribution in [3.63, 3.8) is 0 Å². The number of alkyl halides is 3. The van der Waals surface area contributed by atoms with Gasteiger partial charge in [-0.1, -0.05) is 12.1 Å². The summed E-state index contributed by atoms with van der Waals surface area (Å²) in [7, 11) is 1.66. The number of anilines is 3. The lowest BCUT2D eigenvalue weighted by Crippen LogP contribution is -2.20. The van der Waals surface area contributed by atoms with Gasteiger partial charge in [0.05, 0.1) is 35.9 Å². The van der Waals surface area contributed by atoms with Crippen molar-refractivity contribution < 1.29 is 22.7 Å². The molecule has 0 aliphatic carbocycles. The number of methoxy groups -OCH3 is 1. The smallest absolute Gasteiger partial charge is 0.383 e. The van der Waals surface area contributed by atoms with Crippen molar-refractivity contribution in [2.24, 2.45) is 0 Å². The molecule has 3 aromatic rings. The van der Waals surface area contributed by atoms with Gasteiger partial charge in [0, 0.05) is 43.9 Å². The second-order valence-electron chi connectivity index (χ2n) is 8.89. The van der Waals surface area contributed by atoms with Crippen molar-refractivity contribution in [1.82, 2.24) is 4.98 Å². The van der Waals surface area contributed by atoms with Gasteiger partial charge in [0.2, 0.25) is 0 Å². The summed E-state index contributed by atoms with van der Waals surface area (Å²) in [5, 5.41) is 5.89. The largest absolute Gasteiger partial charge is 0.416 e. The van der Waals surface area contributed by atoms with Gasteiger partial charge in [-0.05, 0) is 60.9 Å². The number of hydrogen-bond donors (Lipinski definition) is 2. The number of rotatable bonds is 8. The maximum absolute atomic E-state index is 13.0. The van der Waals surface area contributed by atoms with E-state index in [1.54, 1.807) is 19.4 Å². The number of nitrogens with zero attached hydrogens (tertiary/aromatic N) is 2. The Morgan fingerprint density at radius 1 is 1.14 bits per heavy atom. The Morgan fingerprint density at radius 2 is 1.97 bits per heavy atom. The molecule has 2 N–H and O–H groups in total. The highest BCUT2D eigenvalue weighted by molar-refractivity contribution is 6.04. The normalized spacial score (nSPS) is 15.7. The lowest BCUT2D eigenvalue weighted by Gasteiger charge is -2.20. The molecular formula is C27H29F3N4O2.